The van der Waals surface area contributed by atoms with Crippen molar-refractivity contribution in [1.29, 1.82) is 0 Å². The van der Waals surface area contributed by atoms with Crippen LogP contribution < -0.4 is 11.1 Å². The Morgan fingerprint density at radius 3 is 2.47 bits per heavy atom. The van der Waals surface area contributed by atoms with Crippen LogP contribution in [0, 0.1) is 0 Å². The molecule has 2 unspecified atom stereocenters. The molecule has 5 N–H and O–H groups in total. The molecule has 0 aliphatic rings. The number of nitrogens with two attached hydrogens (primary N) is 1. The number of rotatable bonds is 7. The Labute approximate surface area is 111 Å². The number of carboxylic acids is 1. The van der Waals surface area contributed by atoms with E-state index >= 15 is 0 Å². The highest BCUT2D eigenvalue weighted by atomic mass is 16.4. The molecule has 0 saturated heterocycles. The summed E-state index contributed by atoms with van der Waals surface area (Å²) in [5.74, 6) is -1.69. The Kier molecular flexibility index (Phi) is 5.98. The van der Waals surface area contributed by atoms with Gasteiger partial charge >= 0.3 is 5.97 Å². The molecule has 1 aromatic carbocycles. The van der Waals surface area contributed by atoms with Gasteiger partial charge in [-0.1, -0.05) is 30.3 Å². The van der Waals surface area contributed by atoms with Gasteiger partial charge in [0.2, 0.25) is 5.91 Å². The highest BCUT2D eigenvalue weighted by Crippen LogP contribution is 2.14. The maximum absolute atomic E-state index is 11.4. The van der Waals surface area contributed by atoms with Crippen molar-refractivity contribution in [1.82, 2.24) is 5.32 Å². The Morgan fingerprint density at radius 2 is 1.89 bits per heavy atom. The number of carbonyl (C=O) groups is 2. The normalized spacial score (nSPS) is 13.6. The van der Waals surface area contributed by atoms with Crippen molar-refractivity contribution >= 4 is 11.9 Å². The van der Waals surface area contributed by atoms with Crippen LogP contribution >= 0.6 is 0 Å². The van der Waals surface area contributed by atoms with Crippen molar-refractivity contribution in [2.45, 2.75) is 25.0 Å². The molecule has 0 aliphatic carbocycles. The lowest BCUT2D eigenvalue weighted by molar-refractivity contribution is -0.146. The van der Waals surface area contributed by atoms with Gasteiger partial charge in [-0.25, -0.2) is 4.79 Å². The topological polar surface area (TPSA) is 113 Å². The summed E-state index contributed by atoms with van der Waals surface area (Å²) in [5.41, 5.74) is 6.87. The van der Waals surface area contributed by atoms with Gasteiger partial charge in [-0.15, -0.1) is 0 Å². The fraction of sp³-hybridized carbons (Fsp3) is 0.385. The molecule has 0 saturated carbocycles. The first-order valence-corrected chi connectivity index (χ1v) is 5.99. The van der Waals surface area contributed by atoms with Gasteiger partial charge < -0.3 is 21.3 Å². The van der Waals surface area contributed by atoms with E-state index in [1.165, 1.54) is 0 Å². The van der Waals surface area contributed by atoms with Crippen molar-refractivity contribution in [3.8, 4) is 0 Å². The number of hydrogen-bond donors (Lipinski definition) is 4. The number of aliphatic hydroxyl groups is 1. The van der Waals surface area contributed by atoms with E-state index in [-0.39, 0.29) is 24.9 Å². The SMILES string of the molecule is NC(CCC(=O)NCC(O)C(=O)O)c1ccccc1. The van der Waals surface area contributed by atoms with Crippen molar-refractivity contribution in [2.75, 3.05) is 6.54 Å². The highest BCUT2D eigenvalue weighted by molar-refractivity contribution is 5.78. The second-order valence-corrected chi connectivity index (χ2v) is 4.21. The van der Waals surface area contributed by atoms with E-state index in [2.05, 4.69) is 5.32 Å². The first-order valence-electron chi connectivity index (χ1n) is 5.99. The van der Waals surface area contributed by atoms with Crippen molar-refractivity contribution < 1.29 is 19.8 Å². The molecule has 0 heterocycles. The standard InChI is InChI=1S/C13H18N2O4/c14-10(9-4-2-1-3-5-9)6-7-12(17)15-8-11(16)13(18)19/h1-5,10-11,16H,6-8,14H2,(H,15,17)(H,18,19). The fourth-order valence-corrected chi connectivity index (χ4v) is 1.54. The Hall–Kier alpha value is -1.92. The third-order valence-corrected chi connectivity index (χ3v) is 2.69. The van der Waals surface area contributed by atoms with Crippen LogP contribution in [-0.4, -0.2) is 34.7 Å². The average molecular weight is 266 g/mol. The second-order valence-electron chi connectivity index (χ2n) is 4.21. The molecule has 0 spiro atoms. The van der Waals surface area contributed by atoms with E-state index in [9.17, 15) is 9.59 Å². The van der Waals surface area contributed by atoms with E-state index in [1.54, 1.807) is 0 Å². The third kappa shape index (κ3) is 5.50. The highest BCUT2D eigenvalue weighted by Gasteiger charge is 2.14. The lowest BCUT2D eigenvalue weighted by Crippen LogP contribution is -2.36. The molecule has 1 rings (SSSR count). The summed E-state index contributed by atoms with van der Waals surface area (Å²) in [6.45, 7) is -0.297. The minimum absolute atomic E-state index is 0.183. The van der Waals surface area contributed by atoms with Gasteiger partial charge in [0.15, 0.2) is 6.10 Å². The van der Waals surface area contributed by atoms with Crippen LogP contribution in [0.2, 0.25) is 0 Å². The maximum Gasteiger partial charge on any atom is 0.334 e. The summed E-state index contributed by atoms with van der Waals surface area (Å²) >= 11 is 0. The van der Waals surface area contributed by atoms with Crippen LogP contribution in [0.1, 0.15) is 24.4 Å². The number of carbonyl (C=O) groups excluding carboxylic acids is 1. The van der Waals surface area contributed by atoms with Gasteiger partial charge in [0.1, 0.15) is 0 Å². The lowest BCUT2D eigenvalue weighted by atomic mass is 10.0. The number of benzene rings is 1. The molecular formula is C13H18N2O4. The zero-order valence-corrected chi connectivity index (χ0v) is 10.5. The summed E-state index contributed by atoms with van der Waals surface area (Å²) in [6, 6.07) is 9.16. The molecule has 19 heavy (non-hydrogen) atoms. The van der Waals surface area contributed by atoms with Crippen molar-refractivity contribution in [2.24, 2.45) is 5.73 Å². The summed E-state index contributed by atoms with van der Waals surface area (Å²) in [7, 11) is 0. The largest absolute Gasteiger partial charge is 0.479 e. The number of hydrogen-bond acceptors (Lipinski definition) is 4. The number of aliphatic hydroxyl groups excluding tert-OH is 1. The maximum atomic E-state index is 11.4. The van der Waals surface area contributed by atoms with Crippen LogP contribution in [0.25, 0.3) is 0 Å². The lowest BCUT2D eigenvalue weighted by Gasteiger charge is -2.12. The number of aliphatic carboxylic acids is 1. The fourth-order valence-electron chi connectivity index (χ4n) is 1.54. The summed E-state index contributed by atoms with van der Waals surface area (Å²) in [4.78, 5) is 21.8. The molecule has 0 fully saturated rings. The molecular weight excluding hydrogens is 248 g/mol. The van der Waals surface area contributed by atoms with Gasteiger partial charge in [-0.2, -0.15) is 0 Å². The van der Waals surface area contributed by atoms with E-state index in [0.29, 0.717) is 6.42 Å². The monoisotopic (exact) mass is 266 g/mol. The van der Waals surface area contributed by atoms with Crippen LogP contribution in [0.15, 0.2) is 30.3 Å². The number of amides is 1. The summed E-state index contributed by atoms with van der Waals surface area (Å²) in [6.07, 6.45) is -0.937. The van der Waals surface area contributed by atoms with Gasteiger partial charge in [-0.05, 0) is 12.0 Å². The van der Waals surface area contributed by atoms with Gasteiger partial charge in [0.05, 0.1) is 6.54 Å². The summed E-state index contributed by atoms with van der Waals surface area (Å²) < 4.78 is 0. The number of carboxylic acid groups (broad SMARTS) is 1. The van der Waals surface area contributed by atoms with Crippen LogP contribution in [0.4, 0.5) is 0 Å². The molecule has 2 atom stereocenters. The molecule has 0 bridgehead atoms. The van der Waals surface area contributed by atoms with Crippen LogP contribution in [0.5, 0.6) is 0 Å². The van der Waals surface area contributed by atoms with Gasteiger partial charge in [-0.3, -0.25) is 4.79 Å². The number of nitrogens with one attached hydrogen (secondary N) is 1. The van der Waals surface area contributed by atoms with E-state index < -0.39 is 12.1 Å². The van der Waals surface area contributed by atoms with Crippen molar-refractivity contribution in [3.63, 3.8) is 0 Å². The molecule has 104 valence electrons. The summed E-state index contributed by atoms with van der Waals surface area (Å²) in [5, 5.41) is 19.8. The van der Waals surface area contributed by atoms with E-state index in [1.807, 2.05) is 30.3 Å². The van der Waals surface area contributed by atoms with Gasteiger partial charge in [0, 0.05) is 12.5 Å². The smallest absolute Gasteiger partial charge is 0.334 e. The molecule has 1 amide bonds. The third-order valence-electron chi connectivity index (χ3n) is 2.69. The minimum atomic E-state index is -1.58. The predicted molar refractivity (Wildman–Crippen MR) is 69.3 cm³/mol. The van der Waals surface area contributed by atoms with Crippen LogP contribution in [-0.2, 0) is 9.59 Å². The Bertz CT molecular complexity index is 422. The quantitative estimate of drug-likeness (QED) is 0.556. The van der Waals surface area contributed by atoms with E-state index in [0.717, 1.165) is 5.56 Å². The van der Waals surface area contributed by atoms with Crippen molar-refractivity contribution in [3.05, 3.63) is 35.9 Å². The molecule has 6 heteroatoms. The molecule has 6 nitrogen and oxygen atoms in total. The van der Waals surface area contributed by atoms with Crippen LogP contribution in [0.3, 0.4) is 0 Å². The second kappa shape index (κ2) is 7.50. The molecule has 0 aliphatic heterocycles. The molecule has 1 aromatic rings. The minimum Gasteiger partial charge on any atom is -0.479 e. The Balaban J connectivity index is 2.29. The average Bonchev–Trinajstić information content (AvgIpc) is 2.42. The predicted octanol–water partition coefficient (Wildman–Crippen LogP) is 0.0283. The molecule has 0 radical (unpaired) electrons. The first-order chi connectivity index (χ1) is 9.00. The Morgan fingerprint density at radius 1 is 1.26 bits per heavy atom. The zero-order valence-electron chi connectivity index (χ0n) is 10.5. The first kappa shape index (κ1) is 15.1. The molecule has 0 aromatic heterocycles. The van der Waals surface area contributed by atoms with E-state index in [4.69, 9.17) is 15.9 Å². The zero-order chi connectivity index (χ0) is 14.3. The van der Waals surface area contributed by atoms with Gasteiger partial charge in [0.25, 0.3) is 0 Å².